The summed E-state index contributed by atoms with van der Waals surface area (Å²) in [5.74, 6) is 6.99. The summed E-state index contributed by atoms with van der Waals surface area (Å²) in [5, 5.41) is 0. The van der Waals surface area contributed by atoms with E-state index in [9.17, 15) is 0 Å². The minimum absolute atomic E-state index is 0.695. The molecule has 0 bridgehead atoms. The summed E-state index contributed by atoms with van der Waals surface area (Å²) in [6.45, 7) is 4.84. The van der Waals surface area contributed by atoms with Crippen molar-refractivity contribution in [3.05, 3.63) is 29.3 Å². The molecular formula is C12H19N3O. The lowest BCUT2D eigenvalue weighted by Crippen LogP contribution is -2.31. The van der Waals surface area contributed by atoms with Crippen LogP contribution in [-0.2, 0) is 0 Å². The third-order valence-electron chi connectivity index (χ3n) is 2.31. The van der Waals surface area contributed by atoms with Crippen LogP contribution < -0.4 is 16.0 Å². The zero-order valence-corrected chi connectivity index (χ0v) is 10.1. The van der Waals surface area contributed by atoms with Crippen molar-refractivity contribution in [2.75, 3.05) is 13.7 Å². The summed E-state index contributed by atoms with van der Waals surface area (Å²) >= 11 is 0. The summed E-state index contributed by atoms with van der Waals surface area (Å²) in [4.78, 5) is 4.36. The van der Waals surface area contributed by atoms with Crippen molar-refractivity contribution < 1.29 is 4.74 Å². The van der Waals surface area contributed by atoms with Gasteiger partial charge in [0.1, 0.15) is 11.6 Å². The van der Waals surface area contributed by atoms with E-state index in [1.807, 2.05) is 25.1 Å². The van der Waals surface area contributed by atoms with Crippen LogP contribution in [0, 0.1) is 6.92 Å². The van der Waals surface area contributed by atoms with Crippen molar-refractivity contribution in [1.82, 2.24) is 5.43 Å². The molecule has 3 N–H and O–H groups in total. The van der Waals surface area contributed by atoms with Crippen LogP contribution in [0.3, 0.4) is 0 Å². The molecule has 0 amide bonds. The Balaban J connectivity index is 3.01. The Hall–Kier alpha value is -1.55. The van der Waals surface area contributed by atoms with Crippen LogP contribution in [0.2, 0.25) is 0 Å². The number of aliphatic imine (C=N–C) groups is 1. The third kappa shape index (κ3) is 2.97. The third-order valence-corrected chi connectivity index (χ3v) is 2.31. The number of nitrogens with one attached hydrogen (secondary N) is 1. The topological polar surface area (TPSA) is 59.6 Å². The zero-order valence-electron chi connectivity index (χ0n) is 10.1. The molecule has 0 aliphatic carbocycles. The summed E-state index contributed by atoms with van der Waals surface area (Å²) < 4.78 is 5.26. The number of methoxy groups -OCH3 is 1. The predicted molar refractivity (Wildman–Crippen MR) is 66.7 cm³/mol. The monoisotopic (exact) mass is 221 g/mol. The zero-order chi connectivity index (χ0) is 12.0. The lowest BCUT2D eigenvalue weighted by molar-refractivity contribution is 0.411. The second-order valence-corrected chi connectivity index (χ2v) is 3.56. The molecule has 16 heavy (non-hydrogen) atoms. The van der Waals surface area contributed by atoms with E-state index in [1.54, 1.807) is 7.11 Å². The quantitative estimate of drug-likeness (QED) is 0.351. The summed E-state index contributed by atoms with van der Waals surface area (Å²) in [6.07, 6.45) is 0.994. The lowest BCUT2D eigenvalue weighted by Gasteiger charge is -2.09. The molecule has 0 unspecified atom stereocenters. The van der Waals surface area contributed by atoms with Crippen LogP contribution in [0.1, 0.15) is 24.5 Å². The molecule has 4 heteroatoms. The van der Waals surface area contributed by atoms with Crippen LogP contribution in [0.25, 0.3) is 0 Å². The molecule has 4 nitrogen and oxygen atoms in total. The Morgan fingerprint density at radius 3 is 2.81 bits per heavy atom. The lowest BCUT2D eigenvalue weighted by atomic mass is 10.1. The number of hydrogen-bond acceptors (Lipinski definition) is 3. The Labute approximate surface area is 96.5 Å². The van der Waals surface area contributed by atoms with Crippen molar-refractivity contribution in [3.63, 3.8) is 0 Å². The van der Waals surface area contributed by atoms with Crippen molar-refractivity contribution in [1.29, 1.82) is 0 Å². The van der Waals surface area contributed by atoms with Gasteiger partial charge in [-0.25, -0.2) is 5.84 Å². The molecular weight excluding hydrogens is 202 g/mol. The van der Waals surface area contributed by atoms with Gasteiger partial charge < -0.3 is 10.2 Å². The fourth-order valence-electron chi connectivity index (χ4n) is 1.41. The number of rotatable bonds is 4. The maximum absolute atomic E-state index is 5.45. The Kier molecular flexibility index (Phi) is 4.79. The highest BCUT2D eigenvalue weighted by molar-refractivity contribution is 5.98. The van der Waals surface area contributed by atoms with E-state index < -0.39 is 0 Å². The highest BCUT2D eigenvalue weighted by Gasteiger charge is 2.05. The largest absolute Gasteiger partial charge is 0.496 e. The molecule has 88 valence electrons. The summed E-state index contributed by atoms with van der Waals surface area (Å²) in [7, 11) is 1.66. The van der Waals surface area contributed by atoms with E-state index >= 15 is 0 Å². The summed E-state index contributed by atoms with van der Waals surface area (Å²) in [6, 6.07) is 5.91. The van der Waals surface area contributed by atoms with Gasteiger partial charge in [-0.05, 0) is 25.0 Å². The molecule has 0 atom stereocenters. The molecule has 0 saturated heterocycles. The predicted octanol–water partition coefficient (Wildman–Crippen LogP) is 1.62. The number of nitrogens with zero attached hydrogens (tertiary/aromatic N) is 1. The van der Waals surface area contributed by atoms with Gasteiger partial charge in [0.2, 0.25) is 0 Å². The summed E-state index contributed by atoms with van der Waals surface area (Å²) in [5.41, 5.74) is 4.66. The minimum Gasteiger partial charge on any atom is -0.496 e. The molecule has 1 aromatic carbocycles. The number of hydrazine groups is 1. The Morgan fingerprint density at radius 1 is 1.50 bits per heavy atom. The molecule has 0 heterocycles. The molecule has 1 rings (SSSR count). The Morgan fingerprint density at radius 2 is 2.25 bits per heavy atom. The molecule has 1 aromatic rings. The van der Waals surface area contributed by atoms with Crippen molar-refractivity contribution in [2.24, 2.45) is 10.8 Å². The average Bonchev–Trinajstić information content (AvgIpc) is 2.32. The molecule has 0 fully saturated rings. The number of aryl methyl sites for hydroxylation is 1. The van der Waals surface area contributed by atoms with E-state index in [1.165, 1.54) is 0 Å². The molecule has 0 aromatic heterocycles. The molecule has 0 aliphatic heterocycles. The fourth-order valence-corrected chi connectivity index (χ4v) is 1.41. The molecule has 0 spiro atoms. The maximum atomic E-state index is 5.45. The number of ether oxygens (including phenoxy) is 1. The molecule has 0 aliphatic rings. The van der Waals surface area contributed by atoms with Gasteiger partial charge in [0.05, 0.1) is 7.11 Å². The molecule has 0 radical (unpaired) electrons. The van der Waals surface area contributed by atoms with Crippen LogP contribution >= 0.6 is 0 Å². The van der Waals surface area contributed by atoms with Gasteiger partial charge >= 0.3 is 0 Å². The van der Waals surface area contributed by atoms with E-state index in [0.717, 1.165) is 29.8 Å². The van der Waals surface area contributed by atoms with E-state index in [-0.39, 0.29) is 0 Å². The SMILES string of the molecule is CCCN=C(NN)c1ccc(C)c(OC)c1. The van der Waals surface area contributed by atoms with E-state index in [2.05, 4.69) is 17.3 Å². The van der Waals surface area contributed by atoms with E-state index in [0.29, 0.717) is 5.84 Å². The van der Waals surface area contributed by atoms with Crippen LogP contribution in [0.15, 0.2) is 23.2 Å². The van der Waals surface area contributed by atoms with Gasteiger partial charge in [0.25, 0.3) is 0 Å². The van der Waals surface area contributed by atoms with Crippen LogP contribution in [-0.4, -0.2) is 19.5 Å². The maximum Gasteiger partial charge on any atom is 0.142 e. The van der Waals surface area contributed by atoms with Gasteiger partial charge in [0, 0.05) is 12.1 Å². The van der Waals surface area contributed by atoms with Gasteiger partial charge in [-0.1, -0.05) is 19.1 Å². The minimum atomic E-state index is 0.695. The van der Waals surface area contributed by atoms with Gasteiger partial charge in [-0.15, -0.1) is 0 Å². The first kappa shape index (κ1) is 12.5. The fraction of sp³-hybridized carbons (Fsp3) is 0.417. The normalized spacial score (nSPS) is 11.4. The number of amidine groups is 1. The van der Waals surface area contributed by atoms with Crippen molar-refractivity contribution >= 4 is 5.84 Å². The highest BCUT2D eigenvalue weighted by atomic mass is 16.5. The van der Waals surface area contributed by atoms with Crippen molar-refractivity contribution in [2.45, 2.75) is 20.3 Å². The number of benzene rings is 1. The number of hydrogen-bond donors (Lipinski definition) is 2. The first-order valence-corrected chi connectivity index (χ1v) is 5.39. The highest BCUT2D eigenvalue weighted by Crippen LogP contribution is 2.18. The van der Waals surface area contributed by atoms with E-state index in [4.69, 9.17) is 10.6 Å². The smallest absolute Gasteiger partial charge is 0.142 e. The van der Waals surface area contributed by atoms with Crippen molar-refractivity contribution in [3.8, 4) is 5.75 Å². The molecule has 0 saturated carbocycles. The van der Waals surface area contributed by atoms with Crippen LogP contribution in [0.5, 0.6) is 5.75 Å². The van der Waals surface area contributed by atoms with Gasteiger partial charge in [0.15, 0.2) is 0 Å². The average molecular weight is 221 g/mol. The standard InChI is InChI=1S/C12H19N3O/c1-4-7-14-12(15-13)10-6-5-9(2)11(8-10)16-3/h5-6,8H,4,7,13H2,1-3H3,(H,14,15). The van der Waals surface area contributed by atoms with Crippen LogP contribution in [0.4, 0.5) is 0 Å². The van der Waals surface area contributed by atoms with Gasteiger partial charge in [-0.2, -0.15) is 0 Å². The second-order valence-electron chi connectivity index (χ2n) is 3.56. The second kappa shape index (κ2) is 6.12. The number of nitrogens with two attached hydrogens (primary N) is 1. The first-order valence-electron chi connectivity index (χ1n) is 5.39. The Bertz CT molecular complexity index is 375. The first-order chi connectivity index (χ1) is 7.72. The van der Waals surface area contributed by atoms with Gasteiger partial charge in [-0.3, -0.25) is 4.99 Å².